The molecule has 0 saturated carbocycles. The molecule has 54 valence electrons. The quantitative estimate of drug-likeness (QED) is 0.331. The van der Waals surface area contributed by atoms with Crippen molar-refractivity contribution in [2.24, 2.45) is 5.73 Å². The van der Waals surface area contributed by atoms with Gasteiger partial charge in [-0.1, -0.05) is 13.3 Å². The molecule has 0 amide bonds. The topological polar surface area (TPSA) is 52.3 Å². The third kappa shape index (κ3) is 5.46. The fraction of sp³-hybridized carbons (Fsp3) is 0.833. The molecule has 0 fully saturated rings. The van der Waals surface area contributed by atoms with E-state index >= 15 is 0 Å². The van der Waals surface area contributed by atoms with Crippen LogP contribution in [0.5, 0.6) is 0 Å². The van der Waals surface area contributed by atoms with E-state index < -0.39 is 6.23 Å². The molecular formula is C6H13NO2. The van der Waals surface area contributed by atoms with Crippen LogP contribution in [-0.2, 0) is 9.53 Å². The maximum Gasteiger partial charge on any atom is 0.163 e. The molecule has 0 heterocycles. The smallest absolute Gasteiger partial charge is 0.163 e. The molecule has 3 nitrogen and oxygen atoms in total. The van der Waals surface area contributed by atoms with Crippen LogP contribution in [0.3, 0.4) is 0 Å². The third-order valence-electron chi connectivity index (χ3n) is 0.942. The van der Waals surface area contributed by atoms with Gasteiger partial charge in [-0.2, -0.15) is 0 Å². The fourth-order valence-corrected chi connectivity index (χ4v) is 0.403. The summed E-state index contributed by atoms with van der Waals surface area (Å²) in [7, 11) is 0. The van der Waals surface area contributed by atoms with Gasteiger partial charge in [0.2, 0.25) is 0 Å². The van der Waals surface area contributed by atoms with E-state index in [-0.39, 0.29) is 0 Å². The Bertz CT molecular complexity index is 75.5. The summed E-state index contributed by atoms with van der Waals surface area (Å²) in [5.74, 6) is 0. The van der Waals surface area contributed by atoms with Gasteiger partial charge in [-0.25, -0.2) is 0 Å². The van der Waals surface area contributed by atoms with Crippen molar-refractivity contribution in [3.8, 4) is 0 Å². The van der Waals surface area contributed by atoms with Gasteiger partial charge in [0, 0.05) is 6.61 Å². The lowest BCUT2D eigenvalue weighted by Gasteiger charge is -2.03. The zero-order valence-corrected chi connectivity index (χ0v) is 5.67. The van der Waals surface area contributed by atoms with Gasteiger partial charge in [0.1, 0.15) is 0 Å². The standard InChI is InChI=1S/C6H13NO2/c1-2-3-4-9-6(7)5-8/h5-6H,2-4,7H2,1H3. The minimum absolute atomic E-state index is 0.580. The molecule has 0 aromatic carbocycles. The van der Waals surface area contributed by atoms with Crippen LogP contribution in [-0.4, -0.2) is 19.1 Å². The van der Waals surface area contributed by atoms with E-state index in [4.69, 9.17) is 10.5 Å². The molecule has 0 aromatic rings. The van der Waals surface area contributed by atoms with Crippen LogP contribution in [0.4, 0.5) is 0 Å². The number of hydrogen-bond donors (Lipinski definition) is 1. The number of carbonyl (C=O) groups is 1. The minimum atomic E-state index is -0.725. The summed E-state index contributed by atoms with van der Waals surface area (Å²) in [4.78, 5) is 9.85. The second-order valence-corrected chi connectivity index (χ2v) is 1.83. The average molecular weight is 131 g/mol. The Morgan fingerprint density at radius 2 is 2.44 bits per heavy atom. The summed E-state index contributed by atoms with van der Waals surface area (Å²) in [6.07, 6.45) is 1.89. The van der Waals surface area contributed by atoms with Crippen molar-refractivity contribution >= 4 is 6.29 Å². The second-order valence-electron chi connectivity index (χ2n) is 1.83. The van der Waals surface area contributed by atoms with Gasteiger partial charge in [0.15, 0.2) is 12.5 Å². The Kier molecular flexibility index (Phi) is 5.46. The lowest BCUT2D eigenvalue weighted by molar-refractivity contribution is -0.117. The highest BCUT2D eigenvalue weighted by Gasteiger charge is 1.95. The number of aldehydes is 1. The summed E-state index contributed by atoms with van der Waals surface area (Å²) < 4.78 is 4.84. The summed E-state index contributed by atoms with van der Waals surface area (Å²) in [6, 6.07) is 0. The van der Waals surface area contributed by atoms with E-state index in [0.29, 0.717) is 12.9 Å². The van der Waals surface area contributed by atoms with Crippen LogP contribution in [0.25, 0.3) is 0 Å². The van der Waals surface area contributed by atoms with E-state index in [1.165, 1.54) is 0 Å². The van der Waals surface area contributed by atoms with Gasteiger partial charge in [0.25, 0.3) is 0 Å². The van der Waals surface area contributed by atoms with Crippen molar-refractivity contribution in [1.29, 1.82) is 0 Å². The lowest BCUT2D eigenvalue weighted by Crippen LogP contribution is -2.25. The van der Waals surface area contributed by atoms with Crippen LogP contribution < -0.4 is 5.73 Å². The normalized spacial score (nSPS) is 13.1. The van der Waals surface area contributed by atoms with Gasteiger partial charge in [-0.3, -0.25) is 10.5 Å². The van der Waals surface area contributed by atoms with Crippen molar-refractivity contribution in [3.63, 3.8) is 0 Å². The molecule has 0 radical (unpaired) electrons. The van der Waals surface area contributed by atoms with E-state index in [1.807, 2.05) is 0 Å². The molecule has 1 unspecified atom stereocenters. The van der Waals surface area contributed by atoms with Crippen LogP contribution in [0.1, 0.15) is 19.8 Å². The summed E-state index contributed by atoms with van der Waals surface area (Å²) in [5.41, 5.74) is 5.12. The molecule has 0 rings (SSSR count). The first-order valence-corrected chi connectivity index (χ1v) is 3.13. The lowest BCUT2D eigenvalue weighted by atomic mass is 10.4. The molecular weight excluding hydrogens is 118 g/mol. The summed E-state index contributed by atoms with van der Waals surface area (Å²) >= 11 is 0. The molecule has 0 saturated heterocycles. The number of carbonyl (C=O) groups excluding carboxylic acids is 1. The Labute approximate surface area is 55.2 Å². The second kappa shape index (κ2) is 5.72. The number of unbranched alkanes of at least 4 members (excludes halogenated alkanes) is 1. The monoisotopic (exact) mass is 131 g/mol. The number of hydrogen-bond acceptors (Lipinski definition) is 3. The molecule has 3 heteroatoms. The number of ether oxygens (including phenoxy) is 1. The Hall–Kier alpha value is -0.410. The highest BCUT2D eigenvalue weighted by molar-refractivity contribution is 5.54. The molecule has 9 heavy (non-hydrogen) atoms. The van der Waals surface area contributed by atoms with Crippen molar-refractivity contribution in [3.05, 3.63) is 0 Å². The van der Waals surface area contributed by atoms with E-state index in [9.17, 15) is 4.79 Å². The molecule has 0 bridgehead atoms. The number of rotatable bonds is 5. The molecule has 2 N–H and O–H groups in total. The zero-order chi connectivity index (χ0) is 7.11. The average Bonchev–Trinajstić information content (AvgIpc) is 1.89. The Balaban J connectivity index is 2.96. The maximum absolute atomic E-state index is 9.85. The van der Waals surface area contributed by atoms with Crippen molar-refractivity contribution in [2.45, 2.75) is 26.0 Å². The summed E-state index contributed by atoms with van der Waals surface area (Å²) in [6.45, 7) is 2.63. The van der Waals surface area contributed by atoms with Gasteiger partial charge >= 0.3 is 0 Å². The number of nitrogens with two attached hydrogens (primary N) is 1. The fourth-order valence-electron chi connectivity index (χ4n) is 0.403. The van der Waals surface area contributed by atoms with Gasteiger partial charge in [-0.05, 0) is 6.42 Å². The largest absolute Gasteiger partial charge is 0.356 e. The third-order valence-corrected chi connectivity index (χ3v) is 0.942. The van der Waals surface area contributed by atoms with E-state index in [1.54, 1.807) is 0 Å². The molecule has 0 aliphatic rings. The van der Waals surface area contributed by atoms with Crippen LogP contribution in [0.15, 0.2) is 0 Å². The first-order valence-electron chi connectivity index (χ1n) is 3.13. The predicted octanol–water partition coefficient (Wildman–Crippen LogP) is 0.287. The van der Waals surface area contributed by atoms with E-state index in [0.717, 1.165) is 12.8 Å². The van der Waals surface area contributed by atoms with Crippen molar-refractivity contribution in [1.82, 2.24) is 0 Å². The Morgan fingerprint density at radius 1 is 1.78 bits per heavy atom. The first kappa shape index (κ1) is 8.59. The summed E-state index contributed by atoms with van der Waals surface area (Å²) in [5, 5.41) is 0. The highest BCUT2D eigenvalue weighted by atomic mass is 16.5. The predicted molar refractivity (Wildman–Crippen MR) is 34.9 cm³/mol. The Morgan fingerprint density at radius 3 is 2.89 bits per heavy atom. The molecule has 0 aromatic heterocycles. The molecule has 0 aliphatic carbocycles. The minimum Gasteiger partial charge on any atom is -0.356 e. The van der Waals surface area contributed by atoms with Crippen molar-refractivity contribution in [2.75, 3.05) is 6.61 Å². The first-order chi connectivity index (χ1) is 4.31. The highest BCUT2D eigenvalue weighted by Crippen LogP contribution is 1.87. The zero-order valence-electron chi connectivity index (χ0n) is 5.67. The van der Waals surface area contributed by atoms with Gasteiger partial charge in [0.05, 0.1) is 0 Å². The van der Waals surface area contributed by atoms with Crippen LogP contribution in [0.2, 0.25) is 0 Å². The van der Waals surface area contributed by atoms with Gasteiger partial charge < -0.3 is 4.74 Å². The van der Waals surface area contributed by atoms with E-state index in [2.05, 4.69) is 6.92 Å². The van der Waals surface area contributed by atoms with Crippen molar-refractivity contribution < 1.29 is 9.53 Å². The van der Waals surface area contributed by atoms with Crippen LogP contribution >= 0.6 is 0 Å². The molecule has 0 spiro atoms. The molecule has 0 aliphatic heterocycles. The maximum atomic E-state index is 9.85. The van der Waals surface area contributed by atoms with Crippen LogP contribution in [0, 0.1) is 0 Å². The SMILES string of the molecule is CCCCOC(N)C=O. The van der Waals surface area contributed by atoms with Gasteiger partial charge in [-0.15, -0.1) is 0 Å². The molecule has 1 atom stereocenters.